The zero-order valence-corrected chi connectivity index (χ0v) is 15.3. The molecule has 0 fully saturated rings. The average Bonchev–Trinajstić information content (AvgIpc) is 2.49. The van der Waals surface area contributed by atoms with Crippen molar-refractivity contribution in [1.82, 2.24) is 0 Å². The first-order valence-corrected chi connectivity index (χ1v) is 8.31. The molecule has 2 aromatic rings. The van der Waals surface area contributed by atoms with Crippen molar-refractivity contribution in [1.29, 1.82) is 0 Å². The molecule has 0 amide bonds. The van der Waals surface area contributed by atoms with Gasteiger partial charge in [0.1, 0.15) is 11.5 Å². The highest BCUT2D eigenvalue weighted by atomic mass is 127. The van der Waals surface area contributed by atoms with Crippen LogP contribution in [0, 0.1) is 3.57 Å². The number of phenolic OH excluding ortho intramolecular Hbond substituents is 1. The van der Waals surface area contributed by atoms with Gasteiger partial charge in [0.2, 0.25) is 0 Å². The first kappa shape index (κ1) is 17.1. The minimum atomic E-state index is 0.259. The van der Waals surface area contributed by atoms with Crippen LogP contribution in [-0.4, -0.2) is 19.0 Å². The van der Waals surface area contributed by atoms with Crippen LogP contribution in [-0.2, 0) is 11.2 Å². The summed E-state index contributed by atoms with van der Waals surface area (Å²) in [6, 6.07) is 12.0. The van der Waals surface area contributed by atoms with Crippen LogP contribution < -0.4 is 4.74 Å². The zero-order valence-electron chi connectivity index (χ0n) is 13.1. The van der Waals surface area contributed by atoms with Gasteiger partial charge in [-0.2, -0.15) is 0 Å². The van der Waals surface area contributed by atoms with E-state index in [2.05, 4.69) is 48.6 Å². The maximum Gasteiger partial charge on any atom is 0.188 e. The first-order valence-electron chi connectivity index (χ1n) is 7.23. The highest BCUT2D eigenvalue weighted by Crippen LogP contribution is 2.29. The zero-order chi connectivity index (χ0) is 16.1. The molecule has 0 aliphatic carbocycles. The van der Waals surface area contributed by atoms with E-state index in [1.807, 2.05) is 18.2 Å². The van der Waals surface area contributed by atoms with E-state index in [9.17, 15) is 5.11 Å². The van der Waals surface area contributed by atoms with Gasteiger partial charge >= 0.3 is 0 Å². The summed E-state index contributed by atoms with van der Waals surface area (Å²) in [5, 5.41) is 9.61. The van der Waals surface area contributed by atoms with Gasteiger partial charge in [-0.15, -0.1) is 0 Å². The Labute approximate surface area is 145 Å². The Morgan fingerprint density at radius 1 is 1.09 bits per heavy atom. The van der Waals surface area contributed by atoms with Crippen LogP contribution in [0.5, 0.6) is 11.5 Å². The molecular weight excluding hydrogens is 391 g/mol. The second-order valence-corrected chi connectivity index (χ2v) is 6.70. The molecule has 0 heterocycles. The van der Waals surface area contributed by atoms with Gasteiger partial charge in [-0.05, 0) is 69.8 Å². The summed E-state index contributed by atoms with van der Waals surface area (Å²) in [5.41, 5.74) is 3.60. The molecule has 0 aliphatic heterocycles. The van der Waals surface area contributed by atoms with Crippen molar-refractivity contribution in [2.45, 2.75) is 26.2 Å². The van der Waals surface area contributed by atoms with Crippen molar-refractivity contribution in [3.05, 3.63) is 56.7 Å². The molecule has 2 rings (SSSR count). The van der Waals surface area contributed by atoms with Crippen LogP contribution in [0.1, 0.15) is 36.5 Å². The summed E-state index contributed by atoms with van der Waals surface area (Å²) in [6.45, 7) is 4.57. The van der Waals surface area contributed by atoms with E-state index < -0.39 is 0 Å². The van der Waals surface area contributed by atoms with Crippen LogP contribution in [0.15, 0.2) is 36.4 Å². The standard InChI is InChI=1S/C18H21IO3/c1-12(2)15-9-13(5-7-18(15)22-11-21-3)8-14-4-6-17(20)16(19)10-14/h4-7,9-10,12,20H,8,11H2,1-3H3. The van der Waals surface area contributed by atoms with Gasteiger partial charge in [0.05, 0.1) is 3.57 Å². The van der Waals surface area contributed by atoms with Gasteiger partial charge in [-0.25, -0.2) is 0 Å². The van der Waals surface area contributed by atoms with Crippen molar-refractivity contribution in [3.63, 3.8) is 0 Å². The molecule has 22 heavy (non-hydrogen) atoms. The lowest BCUT2D eigenvalue weighted by Gasteiger charge is -2.15. The molecule has 0 aliphatic rings. The van der Waals surface area contributed by atoms with Gasteiger partial charge < -0.3 is 14.6 Å². The summed E-state index contributed by atoms with van der Waals surface area (Å²) in [5.74, 6) is 1.59. The van der Waals surface area contributed by atoms with E-state index in [4.69, 9.17) is 9.47 Å². The molecule has 2 aromatic carbocycles. The van der Waals surface area contributed by atoms with Gasteiger partial charge in [0, 0.05) is 7.11 Å². The smallest absolute Gasteiger partial charge is 0.188 e. The van der Waals surface area contributed by atoms with Crippen LogP contribution in [0.4, 0.5) is 0 Å². The topological polar surface area (TPSA) is 38.7 Å². The number of aromatic hydroxyl groups is 1. The van der Waals surface area contributed by atoms with E-state index >= 15 is 0 Å². The highest BCUT2D eigenvalue weighted by Gasteiger charge is 2.10. The fourth-order valence-corrected chi connectivity index (χ4v) is 2.89. The van der Waals surface area contributed by atoms with Gasteiger partial charge in [-0.1, -0.05) is 32.0 Å². The van der Waals surface area contributed by atoms with Crippen molar-refractivity contribution in [3.8, 4) is 11.5 Å². The number of phenols is 1. The largest absolute Gasteiger partial charge is 0.507 e. The number of rotatable bonds is 6. The minimum absolute atomic E-state index is 0.259. The van der Waals surface area contributed by atoms with E-state index in [0.29, 0.717) is 11.7 Å². The predicted octanol–water partition coefficient (Wildman–Crippen LogP) is 4.69. The highest BCUT2D eigenvalue weighted by molar-refractivity contribution is 14.1. The third kappa shape index (κ3) is 4.36. The second kappa shape index (κ2) is 7.83. The summed E-state index contributed by atoms with van der Waals surface area (Å²) in [7, 11) is 1.62. The molecule has 0 radical (unpaired) electrons. The summed E-state index contributed by atoms with van der Waals surface area (Å²) >= 11 is 2.15. The van der Waals surface area contributed by atoms with Crippen molar-refractivity contribution in [2.75, 3.05) is 13.9 Å². The second-order valence-electron chi connectivity index (χ2n) is 5.54. The molecule has 0 aromatic heterocycles. The van der Waals surface area contributed by atoms with Gasteiger partial charge in [0.15, 0.2) is 6.79 Å². The normalized spacial score (nSPS) is 11.0. The van der Waals surface area contributed by atoms with Crippen LogP contribution in [0.2, 0.25) is 0 Å². The van der Waals surface area contributed by atoms with E-state index in [1.165, 1.54) is 16.7 Å². The Morgan fingerprint density at radius 2 is 1.77 bits per heavy atom. The van der Waals surface area contributed by atoms with Crippen LogP contribution in [0.3, 0.4) is 0 Å². The van der Waals surface area contributed by atoms with E-state index in [0.717, 1.165) is 15.7 Å². The molecule has 1 N–H and O–H groups in total. The van der Waals surface area contributed by atoms with Crippen LogP contribution in [0.25, 0.3) is 0 Å². The maximum atomic E-state index is 9.61. The van der Waals surface area contributed by atoms with Crippen LogP contribution >= 0.6 is 22.6 Å². The summed E-state index contributed by atoms with van der Waals surface area (Å²) in [6.07, 6.45) is 0.834. The number of hydrogen-bond donors (Lipinski definition) is 1. The molecule has 0 saturated carbocycles. The van der Waals surface area contributed by atoms with E-state index in [1.54, 1.807) is 13.2 Å². The molecule has 4 heteroatoms. The fraction of sp³-hybridized carbons (Fsp3) is 0.333. The molecular formula is C18H21IO3. The van der Waals surface area contributed by atoms with E-state index in [-0.39, 0.29) is 6.79 Å². The molecule has 0 bridgehead atoms. The minimum Gasteiger partial charge on any atom is -0.507 e. The first-order chi connectivity index (χ1) is 10.5. The lowest BCUT2D eigenvalue weighted by Crippen LogP contribution is -2.03. The molecule has 0 spiro atoms. The van der Waals surface area contributed by atoms with Crippen molar-refractivity contribution < 1.29 is 14.6 Å². The Bertz CT molecular complexity index is 638. The average molecular weight is 412 g/mol. The van der Waals surface area contributed by atoms with Gasteiger partial charge in [0.25, 0.3) is 0 Å². The quantitative estimate of drug-likeness (QED) is 0.553. The monoisotopic (exact) mass is 412 g/mol. The molecule has 0 unspecified atom stereocenters. The van der Waals surface area contributed by atoms with Crippen molar-refractivity contribution >= 4 is 22.6 Å². The molecule has 3 nitrogen and oxygen atoms in total. The molecule has 0 atom stereocenters. The fourth-order valence-electron chi connectivity index (χ4n) is 2.31. The lowest BCUT2D eigenvalue weighted by atomic mass is 9.96. The van der Waals surface area contributed by atoms with Crippen molar-refractivity contribution in [2.24, 2.45) is 0 Å². The third-order valence-electron chi connectivity index (χ3n) is 3.45. The summed E-state index contributed by atoms with van der Waals surface area (Å²) < 4.78 is 11.5. The third-order valence-corrected chi connectivity index (χ3v) is 4.31. The number of ether oxygens (including phenoxy) is 2. The maximum absolute atomic E-state index is 9.61. The Kier molecular flexibility index (Phi) is 6.08. The Hall–Kier alpha value is -1.27. The SMILES string of the molecule is COCOc1ccc(Cc2ccc(O)c(I)c2)cc1C(C)C. The molecule has 0 saturated heterocycles. The number of methoxy groups -OCH3 is 1. The Balaban J connectivity index is 2.24. The predicted molar refractivity (Wildman–Crippen MR) is 96.7 cm³/mol. The molecule has 118 valence electrons. The number of hydrogen-bond acceptors (Lipinski definition) is 3. The lowest BCUT2D eigenvalue weighted by molar-refractivity contribution is 0.0502. The summed E-state index contributed by atoms with van der Waals surface area (Å²) in [4.78, 5) is 0. The van der Waals surface area contributed by atoms with Gasteiger partial charge in [-0.3, -0.25) is 0 Å². The number of benzene rings is 2. The Morgan fingerprint density at radius 3 is 2.41 bits per heavy atom. The number of halogens is 1.